The summed E-state index contributed by atoms with van der Waals surface area (Å²) in [5, 5.41) is 3.11. The third-order valence-corrected chi connectivity index (χ3v) is 6.90. The Kier molecular flexibility index (Phi) is 5.80. The summed E-state index contributed by atoms with van der Waals surface area (Å²) in [4.78, 5) is 28.8. The van der Waals surface area contributed by atoms with Crippen LogP contribution in [0.4, 0.5) is 5.69 Å². The molecule has 2 unspecified atom stereocenters. The van der Waals surface area contributed by atoms with Crippen molar-refractivity contribution in [1.29, 1.82) is 0 Å². The minimum absolute atomic E-state index is 0.0209. The molecule has 2 aliphatic rings. The topological polar surface area (TPSA) is 75.4 Å². The second-order valence-corrected chi connectivity index (χ2v) is 8.61. The number of piperazine rings is 1. The number of nitrogens with zero attached hydrogens (tertiary/aromatic N) is 1. The number of nitrogen functional groups attached to an aromatic ring is 1. The average Bonchev–Trinajstić information content (AvgIpc) is 3.18. The summed E-state index contributed by atoms with van der Waals surface area (Å²) in [5.41, 5.74) is 10.3. The monoisotopic (exact) mass is 405 g/mol. The molecule has 0 aromatic heterocycles. The average molecular weight is 406 g/mol. The number of amides is 2. The van der Waals surface area contributed by atoms with Gasteiger partial charge in [-0.15, -0.1) is 0 Å². The summed E-state index contributed by atoms with van der Waals surface area (Å²) >= 11 is 0. The van der Waals surface area contributed by atoms with E-state index in [2.05, 4.69) is 31.3 Å². The van der Waals surface area contributed by atoms with Gasteiger partial charge in [-0.25, -0.2) is 0 Å². The fourth-order valence-corrected chi connectivity index (χ4v) is 5.15. The third kappa shape index (κ3) is 3.69. The van der Waals surface area contributed by atoms with Crippen molar-refractivity contribution in [3.05, 3.63) is 65.2 Å². The summed E-state index contributed by atoms with van der Waals surface area (Å²) in [6, 6.07) is 15.0. The molecule has 158 valence electrons. The van der Waals surface area contributed by atoms with Crippen molar-refractivity contribution in [2.45, 2.75) is 58.2 Å². The van der Waals surface area contributed by atoms with Crippen LogP contribution in [0.2, 0.25) is 0 Å². The van der Waals surface area contributed by atoms with E-state index >= 15 is 0 Å². The standard InChI is InChI=1S/C25H31N3O2/c1-3-16(4-2)23-24(29)27-22(20-13-17-9-5-6-10-18(17)14-20)25(30)28(23)15-19-11-7-8-12-21(19)26/h5-12,16,20,22-23H,3-4,13-15,26H2,1-2H3,(H,27,29). The highest BCUT2D eigenvalue weighted by Crippen LogP contribution is 2.33. The van der Waals surface area contributed by atoms with Gasteiger partial charge in [0.1, 0.15) is 12.1 Å². The van der Waals surface area contributed by atoms with E-state index in [9.17, 15) is 9.59 Å². The summed E-state index contributed by atoms with van der Waals surface area (Å²) in [5.74, 6) is 0.212. The van der Waals surface area contributed by atoms with Crippen LogP contribution in [0.3, 0.4) is 0 Å². The first-order valence-electron chi connectivity index (χ1n) is 11.0. The van der Waals surface area contributed by atoms with E-state index in [0.717, 1.165) is 31.2 Å². The number of nitrogens with two attached hydrogens (primary N) is 1. The van der Waals surface area contributed by atoms with Gasteiger partial charge in [0.25, 0.3) is 0 Å². The molecular formula is C25H31N3O2. The molecule has 1 aliphatic carbocycles. The number of anilines is 1. The maximum Gasteiger partial charge on any atom is 0.246 e. The number of rotatable bonds is 6. The molecule has 5 nitrogen and oxygen atoms in total. The number of carbonyl (C=O) groups excluding carboxylic acids is 2. The Bertz CT molecular complexity index is 912. The SMILES string of the molecule is CCC(CC)C1C(=O)NC(C2Cc3ccccc3C2)C(=O)N1Cc1ccccc1N. The lowest BCUT2D eigenvalue weighted by molar-refractivity contribution is -0.154. The van der Waals surface area contributed by atoms with Crippen molar-refractivity contribution < 1.29 is 9.59 Å². The maximum absolute atomic E-state index is 13.7. The summed E-state index contributed by atoms with van der Waals surface area (Å²) < 4.78 is 0. The van der Waals surface area contributed by atoms with E-state index in [4.69, 9.17) is 5.73 Å². The van der Waals surface area contributed by atoms with Crippen molar-refractivity contribution in [2.24, 2.45) is 11.8 Å². The van der Waals surface area contributed by atoms with Crippen molar-refractivity contribution in [2.75, 3.05) is 5.73 Å². The Morgan fingerprint density at radius 3 is 2.20 bits per heavy atom. The zero-order valence-corrected chi connectivity index (χ0v) is 17.8. The number of carbonyl (C=O) groups is 2. The van der Waals surface area contributed by atoms with Crippen molar-refractivity contribution in [3.8, 4) is 0 Å². The molecule has 2 aromatic carbocycles. The van der Waals surface area contributed by atoms with Crippen LogP contribution in [0.1, 0.15) is 43.4 Å². The highest BCUT2D eigenvalue weighted by atomic mass is 16.2. The Hall–Kier alpha value is -2.82. The molecule has 0 bridgehead atoms. The zero-order valence-electron chi connectivity index (χ0n) is 17.8. The lowest BCUT2D eigenvalue weighted by Crippen LogP contribution is -2.66. The Labute approximate surface area is 178 Å². The minimum atomic E-state index is -0.486. The number of hydrogen-bond acceptors (Lipinski definition) is 3. The molecule has 0 saturated carbocycles. The van der Waals surface area contributed by atoms with Crippen LogP contribution in [-0.4, -0.2) is 28.8 Å². The van der Waals surface area contributed by atoms with Crippen molar-refractivity contribution >= 4 is 17.5 Å². The van der Waals surface area contributed by atoms with Gasteiger partial charge >= 0.3 is 0 Å². The van der Waals surface area contributed by atoms with Gasteiger partial charge in [-0.05, 0) is 47.4 Å². The quantitative estimate of drug-likeness (QED) is 0.724. The molecule has 1 fully saturated rings. The number of fused-ring (bicyclic) bond motifs is 1. The van der Waals surface area contributed by atoms with E-state index < -0.39 is 12.1 Å². The minimum Gasteiger partial charge on any atom is -0.398 e. The predicted molar refractivity (Wildman–Crippen MR) is 119 cm³/mol. The predicted octanol–water partition coefficient (Wildman–Crippen LogP) is 3.32. The summed E-state index contributed by atoms with van der Waals surface area (Å²) in [7, 11) is 0. The first-order valence-corrected chi connectivity index (χ1v) is 11.0. The number of para-hydroxylation sites is 1. The molecule has 0 spiro atoms. The van der Waals surface area contributed by atoms with Gasteiger partial charge in [0.2, 0.25) is 11.8 Å². The van der Waals surface area contributed by atoms with Crippen LogP contribution in [0.15, 0.2) is 48.5 Å². The van der Waals surface area contributed by atoms with Gasteiger partial charge in [0, 0.05) is 12.2 Å². The van der Waals surface area contributed by atoms with Crippen LogP contribution < -0.4 is 11.1 Å². The first-order chi connectivity index (χ1) is 14.5. The number of nitrogens with one attached hydrogen (secondary N) is 1. The number of hydrogen-bond donors (Lipinski definition) is 2. The fraction of sp³-hybridized carbons (Fsp3) is 0.440. The second kappa shape index (κ2) is 8.50. The molecule has 30 heavy (non-hydrogen) atoms. The molecule has 1 aliphatic heterocycles. The van der Waals surface area contributed by atoms with Gasteiger partial charge in [-0.2, -0.15) is 0 Å². The van der Waals surface area contributed by atoms with Gasteiger partial charge < -0.3 is 16.0 Å². The maximum atomic E-state index is 13.7. The van der Waals surface area contributed by atoms with Crippen LogP contribution in [0.5, 0.6) is 0 Å². The van der Waals surface area contributed by atoms with Gasteiger partial charge in [0.15, 0.2) is 0 Å². The Morgan fingerprint density at radius 1 is 1.00 bits per heavy atom. The van der Waals surface area contributed by atoms with Gasteiger partial charge in [-0.3, -0.25) is 9.59 Å². The number of benzene rings is 2. The molecule has 1 saturated heterocycles. The van der Waals surface area contributed by atoms with E-state index in [0.29, 0.717) is 12.2 Å². The molecular weight excluding hydrogens is 374 g/mol. The largest absolute Gasteiger partial charge is 0.398 e. The van der Waals surface area contributed by atoms with Crippen molar-refractivity contribution in [1.82, 2.24) is 10.2 Å². The van der Waals surface area contributed by atoms with Crippen LogP contribution in [-0.2, 0) is 29.0 Å². The molecule has 2 atom stereocenters. The Morgan fingerprint density at radius 2 is 1.60 bits per heavy atom. The third-order valence-electron chi connectivity index (χ3n) is 6.90. The molecule has 4 rings (SSSR count). The second-order valence-electron chi connectivity index (χ2n) is 8.61. The molecule has 0 radical (unpaired) electrons. The highest BCUT2D eigenvalue weighted by molar-refractivity contribution is 5.97. The van der Waals surface area contributed by atoms with Crippen LogP contribution in [0.25, 0.3) is 0 Å². The van der Waals surface area contributed by atoms with Gasteiger partial charge in [-0.1, -0.05) is 69.2 Å². The van der Waals surface area contributed by atoms with Gasteiger partial charge in [0.05, 0.1) is 0 Å². The molecule has 3 N–H and O–H groups in total. The molecule has 2 amide bonds. The zero-order chi connectivity index (χ0) is 21.3. The van der Waals surface area contributed by atoms with Crippen LogP contribution in [0, 0.1) is 11.8 Å². The Balaban J connectivity index is 1.64. The van der Waals surface area contributed by atoms with E-state index in [1.54, 1.807) is 4.90 Å². The first kappa shape index (κ1) is 20.5. The molecule has 1 heterocycles. The van der Waals surface area contributed by atoms with Crippen molar-refractivity contribution in [3.63, 3.8) is 0 Å². The van der Waals surface area contributed by atoms with E-state index in [1.165, 1.54) is 11.1 Å². The summed E-state index contributed by atoms with van der Waals surface area (Å²) in [6.45, 7) is 4.54. The lowest BCUT2D eigenvalue weighted by Gasteiger charge is -2.43. The highest BCUT2D eigenvalue weighted by Gasteiger charge is 2.46. The fourth-order valence-electron chi connectivity index (χ4n) is 5.15. The van der Waals surface area contributed by atoms with E-state index in [1.807, 2.05) is 36.4 Å². The smallest absolute Gasteiger partial charge is 0.246 e. The molecule has 5 heteroatoms. The molecule has 2 aromatic rings. The normalized spacial score (nSPS) is 21.8. The van der Waals surface area contributed by atoms with Crippen LogP contribution >= 0.6 is 0 Å². The summed E-state index contributed by atoms with van der Waals surface area (Å²) in [6.07, 6.45) is 3.35. The van der Waals surface area contributed by atoms with E-state index in [-0.39, 0.29) is 23.7 Å². The lowest BCUT2D eigenvalue weighted by atomic mass is 9.86.